The second-order valence-electron chi connectivity index (χ2n) is 2.61. The van der Waals surface area contributed by atoms with Crippen molar-refractivity contribution < 1.29 is 4.79 Å². The number of amides is 1. The van der Waals surface area contributed by atoms with Crippen LogP contribution >= 0.6 is 0 Å². The lowest BCUT2D eigenvalue weighted by Gasteiger charge is -2.05. The van der Waals surface area contributed by atoms with Gasteiger partial charge in [0, 0.05) is 0 Å². The fourth-order valence-corrected chi connectivity index (χ4v) is 0.886. The lowest BCUT2D eigenvalue weighted by molar-refractivity contribution is -0.123. The molecule has 0 saturated heterocycles. The number of carbonyl (C=O) groups is 1. The predicted octanol–water partition coefficient (Wildman–Crippen LogP) is 1.07. The normalized spacial score (nSPS) is 10.5. The van der Waals surface area contributed by atoms with E-state index in [1.807, 2.05) is 13.0 Å². The van der Waals surface area contributed by atoms with Gasteiger partial charge in [0.05, 0.1) is 12.6 Å². The van der Waals surface area contributed by atoms with Crippen LogP contribution in [0.25, 0.3) is 0 Å². The second kappa shape index (κ2) is 7.18. The minimum Gasteiger partial charge on any atom is -0.344 e. The van der Waals surface area contributed by atoms with E-state index in [1.165, 1.54) is 0 Å². The van der Waals surface area contributed by atoms with E-state index >= 15 is 0 Å². The van der Waals surface area contributed by atoms with Crippen LogP contribution < -0.4 is 5.32 Å². The van der Waals surface area contributed by atoms with Crippen LogP contribution in [-0.4, -0.2) is 12.5 Å². The van der Waals surface area contributed by atoms with Crippen molar-refractivity contribution in [2.75, 3.05) is 6.54 Å². The molecule has 0 aromatic heterocycles. The summed E-state index contributed by atoms with van der Waals surface area (Å²) in [4.78, 5) is 11.2. The zero-order valence-electron chi connectivity index (χ0n) is 8.05. The van der Waals surface area contributed by atoms with Gasteiger partial charge in [-0.05, 0) is 13.3 Å². The Labute approximate surface area is 79.1 Å². The van der Waals surface area contributed by atoms with Crippen molar-refractivity contribution in [2.45, 2.75) is 26.7 Å². The summed E-state index contributed by atoms with van der Waals surface area (Å²) in [6, 6.07) is 1.97. The molecule has 1 atom stereocenters. The van der Waals surface area contributed by atoms with Crippen LogP contribution in [0.1, 0.15) is 26.7 Å². The molecule has 0 bridgehead atoms. The Morgan fingerprint density at radius 1 is 1.62 bits per heavy atom. The first kappa shape index (κ1) is 11.5. The molecule has 0 aliphatic rings. The number of nitriles is 1. The summed E-state index contributed by atoms with van der Waals surface area (Å²) in [5.41, 5.74) is 0. The van der Waals surface area contributed by atoms with Crippen LogP contribution in [0.15, 0.2) is 0 Å². The Kier molecular flexibility index (Phi) is 6.37. The monoisotopic (exact) mass is 178 g/mol. The average Bonchev–Trinajstić information content (AvgIpc) is 2.14. The Bertz CT molecular complexity index is 254. The molecule has 0 radical (unpaired) electrons. The van der Waals surface area contributed by atoms with E-state index in [-0.39, 0.29) is 5.91 Å². The molecule has 0 heterocycles. The van der Waals surface area contributed by atoms with E-state index in [0.717, 1.165) is 6.42 Å². The van der Waals surface area contributed by atoms with Gasteiger partial charge in [-0.1, -0.05) is 19.3 Å². The molecule has 0 saturated carbocycles. The Hall–Kier alpha value is -1.48. The van der Waals surface area contributed by atoms with E-state index < -0.39 is 5.92 Å². The van der Waals surface area contributed by atoms with Gasteiger partial charge in [-0.15, -0.1) is 5.92 Å². The van der Waals surface area contributed by atoms with Gasteiger partial charge < -0.3 is 5.32 Å². The predicted molar refractivity (Wildman–Crippen MR) is 50.5 cm³/mol. The Balaban J connectivity index is 3.90. The summed E-state index contributed by atoms with van der Waals surface area (Å²) in [7, 11) is 0. The van der Waals surface area contributed by atoms with Crippen molar-refractivity contribution in [3.05, 3.63) is 0 Å². The summed E-state index contributed by atoms with van der Waals surface area (Å²) < 4.78 is 0. The molecular weight excluding hydrogens is 164 g/mol. The molecular formula is C10H14N2O. The van der Waals surface area contributed by atoms with Gasteiger partial charge in [-0.25, -0.2) is 0 Å². The van der Waals surface area contributed by atoms with Crippen LogP contribution in [-0.2, 0) is 4.79 Å². The molecule has 0 rings (SSSR count). The molecule has 70 valence electrons. The smallest absolute Gasteiger partial charge is 0.238 e. The lowest BCUT2D eigenvalue weighted by atomic mass is 10.1. The number of hydrogen-bond donors (Lipinski definition) is 1. The summed E-state index contributed by atoms with van der Waals surface area (Å²) in [6.45, 7) is 3.99. The van der Waals surface area contributed by atoms with Gasteiger partial charge in [-0.3, -0.25) is 4.79 Å². The first-order valence-electron chi connectivity index (χ1n) is 4.33. The van der Waals surface area contributed by atoms with E-state index in [1.54, 1.807) is 6.92 Å². The van der Waals surface area contributed by atoms with E-state index in [9.17, 15) is 4.79 Å². The first-order chi connectivity index (χ1) is 6.26. The first-order valence-corrected chi connectivity index (χ1v) is 4.33. The number of nitrogens with zero attached hydrogens (tertiary/aromatic N) is 1. The summed E-state index contributed by atoms with van der Waals surface area (Å²) in [6.07, 6.45) is 1.45. The van der Waals surface area contributed by atoms with Crippen LogP contribution in [0, 0.1) is 29.1 Å². The summed E-state index contributed by atoms with van der Waals surface area (Å²) in [5, 5.41) is 11.2. The van der Waals surface area contributed by atoms with E-state index in [4.69, 9.17) is 5.26 Å². The maximum Gasteiger partial charge on any atom is 0.238 e. The largest absolute Gasteiger partial charge is 0.344 e. The average molecular weight is 178 g/mol. The molecule has 0 spiro atoms. The van der Waals surface area contributed by atoms with Gasteiger partial charge in [-0.2, -0.15) is 5.26 Å². The molecule has 0 aromatic rings. The quantitative estimate of drug-likeness (QED) is 0.654. The third-order valence-electron chi connectivity index (χ3n) is 1.58. The zero-order valence-corrected chi connectivity index (χ0v) is 8.05. The second-order valence-corrected chi connectivity index (χ2v) is 2.61. The van der Waals surface area contributed by atoms with Gasteiger partial charge in [0.1, 0.15) is 5.92 Å². The van der Waals surface area contributed by atoms with Gasteiger partial charge in [0.2, 0.25) is 5.91 Å². The Morgan fingerprint density at radius 3 is 2.77 bits per heavy atom. The summed E-state index contributed by atoms with van der Waals surface area (Å²) in [5.74, 6) is 4.63. The molecule has 0 aromatic carbocycles. The molecule has 3 nitrogen and oxygen atoms in total. The Morgan fingerprint density at radius 2 is 2.31 bits per heavy atom. The molecule has 0 aliphatic heterocycles. The molecule has 0 aliphatic carbocycles. The standard InChI is InChI=1S/C10H14N2O/c1-3-5-7-12-10(13)9(8-11)6-4-2/h9H,4,6-7H2,1-2H3,(H,12,13). The minimum atomic E-state index is -0.524. The van der Waals surface area contributed by atoms with Crippen LogP contribution in [0.5, 0.6) is 0 Å². The third-order valence-corrected chi connectivity index (χ3v) is 1.58. The van der Waals surface area contributed by atoms with Crippen molar-refractivity contribution >= 4 is 5.91 Å². The lowest BCUT2D eigenvalue weighted by Crippen LogP contribution is -2.30. The van der Waals surface area contributed by atoms with Gasteiger partial charge in [0.25, 0.3) is 0 Å². The molecule has 3 heteroatoms. The maximum atomic E-state index is 11.2. The van der Waals surface area contributed by atoms with Crippen molar-refractivity contribution in [2.24, 2.45) is 5.92 Å². The topological polar surface area (TPSA) is 52.9 Å². The number of hydrogen-bond acceptors (Lipinski definition) is 2. The third kappa shape index (κ3) is 4.87. The fraction of sp³-hybridized carbons (Fsp3) is 0.600. The zero-order chi connectivity index (χ0) is 10.1. The number of carbonyl (C=O) groups excluding carboxylic acids is 1. The van der Waals surface area contributed by atoms with Crippen molar-refractivity contribution in [3.8, 4) is 17.9 Å². The maximum absolute atomic E-state index is 11.2. The highest BCUT2D eigenvalue weighted by Gasteiger charge is 2.14. The van der Waals surface area contributed by atoms with Crippen molar-refractivity contribution in [1.82, 2.24) is 5.32 Å². The molecule has 1 unspecified atom stereocenters. The van der Waals surface area contributed by atoms with Crippen LogP contribution in [0.2, 0.25) is 0 Å². The van der Waals surface area contributed by atoms with E-state index in [0.29, 0.717) is 13.0 Å². The highest BCUT2D eigenvalue weighted by molar-refractivity contribution is 5.81. The highest BCUT2D eigenvalue weighted by Crippen LogP contribution is 2.03. The van der Waals surface area contributed by atoms with Crippen molar-refractivity contribution in [3.63, 3.8) is 0 Å². The fourth-order valence-electron chi connectivity index (χ4n) is 0.886. The SMILES string of the molecule is CC#CCNC(=O)C(C#N)CCC. The van der Waals surface area contributed by atoms with E-state index in [2.05, 4.69) is 17.2 Å². The van der Waals surface area contributed by atoms with Crippen LogP contribution in [0.4, 0.5) is 0 Å². The molecule has 1 amide bonds. The van der Waals surface area contributed by atoms with Crippen LogP contribution in [0.3, 0.4) is 0 Å². The summed E-state index contributed by atoms with van der Waals surface area (Å²) >= 11 is 0. The van der Waals surface area contributed by atoms with Crippen molar-refractivity contribution in [1.29, 1.82) is 5.26 Å². The molecule has 1 N–H and O–H groups in total. The molecule has 0 fully saturated rings. The van der Waals surface area contributed by atoms with Gasteiger partial charge >= 0.3 is 0 Å². The minimum absolute atomic E-state index is 0.216. The molecule has 13 heavy (non-hydrogen) atoms. The van der Waals surface area contributed by atoms with Gasteiger partial charge in [0.15, 0.2) is 0 Å². The number of nitrogens with one attached hydrogen (secondary N) is 1. The number of rotatable bonds is 4. The highest BCUT2D eigenvalue weighted by atomic mass is 16.1.